The summed E-state index contributed by atoms with van der Waals surface area (Å²) >= 11 is 0. The topological polar surface area (TPSA) is 107 Å². The molecule has 0 aliphatic carbocycles. The normalized spacial score (nSPS) is 11.3. The first-order chi connectivity index (χ1) is 12.3. The summed E-state index contributed by atoms with van der Waals surface area (Å²) in [6.45, 7) is 3.88. The quantitative estimate of drug-likeness (QED) is 0.529. The van der Waals surface area contributed by atoms with Crippen LogP contribution in [0.15, 0.2) is 47.4 Å². The summed E-state index contributed by atoms with van der Waals surface area (Å²) in [6.07, 6.45) is 0.499. The molecule has 0 aliphatic rings. The molecule has 9 heteroatoms. The number of nitro groups is 1. The van der Waals surface area contributed by atoms with E-state index in [1.165, 1.54) is 16.4 Å². The molecule has 0 aromatic heterocycles. The molecule has 0 radical (unpaired) electrons. The van der Waals surface area contributed by atoms with Gasteiger partial charge in [-0.1, -0.05) is 30.3 Å². The SMILES string of the molecule is Cc1cc([N+](=O)[O-])c(S(=O)(=O)N(CCN)CCc2ccccc2)cc1C.Cl. The third-order valence-corrected chi connectivity index (χ3v) is 6.19. The molecule has 0 aliphatic heterocycles. The molecule has 7 nitrogen and oxygen atoms in total. The fourth-order valence-electron chi connectivity index (χ4n) is 2.66. The van der Waals surface area contributed by atoms with Crippen LogP contribution in [0.1, 0.15) is 16.7 Å². The van der Waals surface area contributed by atoms with Crippen molar-refractivity contribution in [2.45, 2.75) is 25.2 Å². The molecule has 27 heavy (non-hydrogen) atoms. The monoisotopic (exact) mass is 413 g/mol. The highest BCUT2D eigenvalue weighted by atomic mass is 35.5. The van der Waals surface area contributed by atoms with Crippen molar-refractivity contribution in [1.29, 1.82) is 0 Å². The number of aryl methyl sites for hydroxylation is 2. The van der Waals surface area contributed by atoms with Crippen LogP contribution < -0.4 is 5.73 Å². The molecule has 0 amide bonds. The van der Waals surface area contributed by atoms with E-state index in [9.17, 15) is 18.5 Å². The van der Waals surface area contributed by atoms with Gasteiger partial charge in [-0.3, -0.25) is 10.1 Å². The zero-order valence-corrected chi connectivity index (χ0v) is 16.9. The Morgan fingerprint density at radius 3 is 2.22 bits per heavy atom. The average molecular weight is 414 g/mol. The molecule has 0 saturated carbocycles. The van der Waals surface area contributed by atoms with Crippen LogP contribution in [0, 0.1) is 24.0 Å². The van der Waals surface area contributed by atoms with E-state index in [2.05, 4.69) is 0 Å². The van der Waals surface area contributed by atoms with Crippen molar-refractivity contribution in [3.63, 3.8) is 0 Å². The van der Waals surface area contributed by atoms with Crippen molar-refractivity contribution in [1.82, 2.24) is 4.31 Å². The number of nitrogens with zero attached hydrogens (tertiary/aromatic N) is 2. The van der Waals surface area contributed by atoms with Crippen LogP contribution in [0.2, 0.25) is 0 Å². The van der Waals surface area contributed by atoms with Gasteiger partial charge in [0.25, 0.3) is 5.69 Å². The fourth-order valence-corrected chi connectivity index (χ4v) is 4.34. The van der Waals surface area contributed by atoms with E-state index < -0.39 is 20.6 Å². The summed E-state index contributed by atoms with van der Waals surface area (Å²) in [5.74, 6) is 0. The van der Waals surface area contributed by atoms with Crippen molar-refractivity contribution in [3.05, 3.63) is 69.3 Å². The molecule has 0 unspecified atom stereocenters. The lowest BCUT2D eigenvalue weighted by Crippen LogP contribution is -2.37. The van der Waals surface area contributed by atoms with Crippen molar-refractivity contribution in [2.24, 2.45) is 5.73 Å². The van der Waals surface area contributed by atoms with Crippen molar-refractivity contribution in [3.8, 4) is 0 Å². The summed E-state index contributed by atoms with van der Waals surface area (Å²) in [5.41, 5.74) is 7.52. The Balaban J connectivity index is 0.00000364. The summed E-state index contributed by atoms with van der Waals surface area (Å²) in [6, 6.07) is 12.1. The molecule has 2 aromatic rings. The van der Waals surface area contributed by atoms with Crippen molar-refractivity contribution in [2.75, 3.05) is 19.6 Å². The Hall–Kier alpha value is -2.00. The lowest BCUT2D eigenvalue weighted by atomic mass is 10.1. The second-order valence-electron chi connectivity index (χ2n) is 6.09. The minimum atomic E-state index is -4.04. The molecule has 148 valence electrons. The minimum absolute atomic E-state index is 0. The zero-order valence-electron chi connectivity index (χ0n) is 15.3. The van der Waals surface area contributed by atoms with Gasteiger partial charge >= 0.3 is 0 Å². The van der Waals surface area contributed by atoms with Crippen LogP contribution in [0.25, 0.3) is 0 Å². The molecule has 0 heterocycles. The maximum atomic E-state index is 13.1. The summed E-state index contributed by atoms with van der Waals surface area (Å²) < 4.78 is 27.4. The van der Waals surface area contributed by atoms with E-state index in [0.29, 0.717) is 17.5 Å². The first-order valence-corrected chi connectivity index (χ1v) is 9.71. The standard InChI is InChI=1S/C18H23N3O4S.ClH/c1-14-12-17(21(22)23)18(13-15(14)2)26(24,25)20(11-9-19)10-8-16-6-4-3-5-7-16;/h3-7,12-13H,8-11,19H2,1-2H3;1H. The smallest absolute Gasteiger partial charge is 0.289 e. The number of halogens is 1. The number of sulfonamides is 1. The molecule has 0 fully saturated rings. The maximum Gasteiger partial charge on any atom is 0.289 e. The molecule has 0 atom stereocenters. The molecule has 0 spiro atoms. The summed E-state index contributed by atoms with van der Waals surface area (Å²) in [4.78, 5) is 10.4. The molecular weight excluding hydrogens is 390 g/mol. The average Bonchev–Trinajstić information content (AvgIpc) is 2.61. The third-order valence-electron chi connectivity index (χ3n) is 4.26. The Morgan fingerprint density at radius 1 is 1.07 bits per heavy atom. The number of nitro benzene ring substituents is 1. The fraction of sp³-hybridized carbons (Fsp3) is 0.333. The highest BCUT2D eigenvalue weighted by Crippen LogP contribution is 2.29. The second kappa shape index (κ2) is 9.80. The van der Waals surface area contributed by atoms with Crippen LogP contribution >= 0.6 is 12.4 Å². The van der Waals surface area contributed by atoms with Gasteiger partial charge in [0, 0.05) is 25.7 Å². The first-order valence-electron chi connectivity index (χ1n) is 8.27. The van der Waals surface area contributed by atoms with Gasteiger partial charge in [-0.25, -0.2) is 8.42 Å². The van der Waals surface area contributed by atoms with Gasteiger partial charge in [0.15, 0.2) is 4.90 Å². The van der Waals surface area contributed by atoms with Crippen LogP contribution in [-0.4, -0.2) is 37.3 Å². The predicted molar refractivity (Wildman–Crippen MR) is 108 cm³/mol. The van der Waals surface area contributed by atoms with Gasteiger partial charge in [0.1, 0.15) is 0 Å². The van der Waals surface area contributed by atoms with Gasteiger partial charge < -0.3 is 5.73 Å². The number of hydrogen-bond acceptors (Lipinski definition) is 5. The first kappa shape index (κ1) is 23.0. The van der Waals surface area contributed by atoms with Crippen molar-refractivity contribution < 1.29 is 13.3 Å². The Morgan fingerprint density at radius 2 is 1.67 bits per heavy atom. The number of rotatable bonds is 8. The molecule has 0 saturated heterocycles. The molecular formula is C18H24ClN3O4S. The largest absolute Gasteiger partial charge is 0.329 e. The lowest BCUT2D eigenvalue weighted by Gasteiger charge is -2.22. The predicted octanol–water partition coefficient (Wildman–Crippen LogP) is 2.83. The highest BCUT2D eigenvalue weighted by Gasteiger charge is 2.31. The van der Waals surface area contributed by atoms with Gasteiger partial charge in [-0.05, 0) is 43.0 Å². The molecule has 2 rings (SSSR count). The van der Waals surface area contributed by atoms with E-state index in [0.717, 1.165) is 5.56 Å². The van der Waals surface area contributed by atoms with E-state index in [4.69, 9.17) is 5.73 Å². The summed E-state index contributed by atoms with van der Waals surface area (Å²) in [5, 5.41) is 11.4. The molecule has 2 aromatic carbocycles. The zero-order chi connectivity index (χ0) is 19.3. The maximum absolute atomic E-state index is 13.1. The van der Waals surface area contributed by atoms with E-state index >= 15 is 0 Å². The Bertz CT molecular complexity index is 889. The number of hydrogen-bond donors (Lipinski definition) is 1. The molecule has 0 bridgehead atoms. The lowest BCUT2D eigenvalue weighted by molar-refractivity contribution is -0.387. The van der Waals surface area contributed by atoms with E-state index in [1.807, 2.05) is 30.3 Å². The minimum Gasteiger partial charge on any atom is -0.329 e. The van der Waals surface area contributed by atoms with Gasteiger partial charge in [-0.2, -0.15) is 4.31 Å². The Kier molecular flexibility index (Phi) is 8.36. The number of nitrogens with two attached hydrogens (primary N) is 1. The van der Waals surface area contributed by atoms with Gasteiger partial charge in [0.2, 0.25) is 10.0 Å². The third kappa shape index (κ3) is 5.49. The van der Waals surface area contributed by atoms with E-state index in [1.54, 1.807) is 13.8 Å². The van der Waals surface area contributed by atoms with E-state index in [-0.39, 0.29) is 36.9 Å². The Labute approximate surface area is 165 Å². The highest BCUT2D eigenvalue weighted by molar-refractivity contribution is 7.89. The van der Waals surface area contributed by atoms with Crippen LogP contribution in [0.4, 0.5) is 5.69 Å². The van der Waals surface area contributed by atoms with Gasteiger partial charge in [0.05, 0.1) is 4.92 Å². The second-order valence-corrected chi connectivity index (χ2v) is 8.00. The van der Waals surface area contributed by atoms with Crippen LogP contribution in [0.3, 0.4) is 0 Å². The van der Waals surface area contributed by atoms with Crippen LogP contribution in [-0.2, 0) is 16.4 Å². The number of benzene rings is 2. The molecule has 2 N–H and O–H groups in total. The van der Waals surface area contributed by atoms with Crippen molar-refractivity contribution >= 4 is 28.1 Å². The van der Waals surface area contributed by atoms with Gasteiger partial charge in [-0.15, -0.1) is 12.4 Å². The summed E-state index contributed by atoms with van der Waals surface area (Å²) in [7, 11) is -4.04. The van der Waals surface area contributed by atoms with Crippen LogP contribution in [0.5, 0.6) is 0 Å².